The molecule has 1 atom stereocenters. The van der Waals surface area contributed by atoms with E-state index in [0.717, 1.165) is 22.5 Å². The van der Waals surface area contributed by atoms with Crippen LogP contribution in [-0.2, 0) is 13.1 Å². The van der Waals surface area contributed by atoms with Gasteiger partial charge in [-0.05, 0) is 31.9 Å². The van der Waals surface area contributed by atoms with Gasteiger partial charge in [-0.3, -0.25) is 14.3 Å². The molecule has 6 heteroatoms. The number of benzene rings is 1. The Labute approximate surface area is 162 Å². The number of nitriles is 1. The van der Waals surface area contributed by atoms with Crippen molar-refractivity contribution < 1.29 is 0 Å². The van der Waals surface area contributed by atoms with E-state index in [9.17, 15) is 10.1 Å². The minimum absolute atomic E-state index is 0.0312. The summed E-state index contributed by atoms with van der Waals surface area (Å²) in [6.07, 6.45) is 3.59. The van der Waals surface area contributed by atoms with Gasteiger partial charge in [-0.1, -0.05) is 36.8 Å². The fraction of sp³-hybridized carbons (Fsp3) is 0.381. The number of likely N-dealkylation sites (tertiary alicyclic amines) is 1. The average molecular weight is 379 g/mol. The summed E-state index contributed by atoms with van der Waals surface area (Å²) >= 11 is 1.50. The maximum Gasteiger partial charge on any atom is 0.263 e. The van der Waals surface area contributed by atoms with Crippen LogP contribution in [0.3, 0.4) is 0 Å². The summed E-state index contributed by atoms with van der Waals surface area (Å²) in [6, 6.07) is 12.5. The van der Waals surface area contributed by atoms with E-state index in [1.807, 2.05) is 35.7 Å². The fourth-order valence-electron chi connectivity index (χ4n) is 3.83. The highest BCUT2D eigenvalue weighted by Gasteiger charge is 2.22. The molecule has 3 aromatic rings. The van der Waals surface area contributed by atoms with E-state index in [1.54, 1.807) is 4.57 Å². The van der Waals surface area contributed by atoms with Crippen LogP contribution in [0.5, 0.6) is 0 Å². The van der Waals surface area contributed by atoms with Crippen molar-refractivity contribution in [2.75, 3.05) is 6.54 Å². The lowest BCUT2D eigenvalue weighted by Gasteiger charge is -2.33. The standard InChI is InChI=1S/C21H22N4OS/c1-15-7-5-6-11-24(15)13-18-23-20-19(21(26)25(18)12-10-22)17(14-27-20)16-8-3-2-4-9-16/h2-4,8-9,14-15H,5-7,11-13H2,1H3. The molecule has 0 bridgehead atoms. The Kier molecular flexibility index (Phi) is 5.06. The summed E-state index contributed by atoms with van der Waals surface area (Å²) in [5, 5.41) is 11.9. The van der Waals surface area contributed by atoms with E-state index in [2.05, 4.69) is 17.9 Å². The van der Waals surface area contributed by atoms with E-state index in [1.165, 1.54) is 30.6 Å². The normalized spacial score (nSPS) is 17.9. The first-order chi connectivity index (χ1) is 13.2. The van der Waals surface area contributed by atoms with Gasteiger partial charge in [0.2, 0.25) is 0 Å². The summed E-state index contributed by atoms with van der Waals surface area (Å²) in [7, 11) is 0. The van der Waals surface area contributed by atoms with Gasteiger partial charge in [-0.25, -0.2) is 4.98 Å². The number of hydrogen-bond donors (Lipinski definition) is 0. The van der Waals surface area contributed by atoms with Crippen molar-refractivity contribution in [2.24, 2.45) is 0 Å². The Balaban J connectivity index is 1.82. The Morgan fingerprint density at radius 1 is 1.30 bits per heavy atom. The zero-order valence-corrected chi connectivity index (χ0v) is 16.2. The van der Waals surface area contributed by atoms with E-state index in [-0.39, 0.29) is 12.1 Å². The molecule has 5 nitrogen and oxygen atoms in total. The quantitative estimate of drug-likeness (QED) is 0.688. The second kappa shape index (κ2) is 7.63. The van der Waals surface area contributed by atoms with Crippen LogP contribution in [0.4, 0.5) is 0 Å². The SMILES string of the molecule is CC1CCCCN1Cc1nc2scc(-c3ccccc3)c2c(=O)n1CC#N. The van der Waals surface area contributed by atoms with Crippen molar-refractivity contribution in [3.8, 4) is 17.2 Å². The van der Waals surface area contributed by atoms with Crippen LogP contribution in [0.2, 0.25) is 0 Å². The molecule has 0 radical (unpaired) electrons. The van der Waals surface area contributed by atoms with Crippen molar-refractivity contribution in [2.45, 2.75) is 45.3 Å². The highest BCUT2D eigenvalue weighted by molar-refractivity contribution is 7.17. The molecule has 1 aromatic carbocycles. The molecule has 3 heterocycles. The predicted octanol–water partition coefficient (Wildman–Crippen LogP) is 4.02. The molecule has 0 amide bonds. The predicted molar refractivity (Wildman–Crippen MR) is 109 cm³/mol. The highest BCUT2D eigenvalue weighted by Crippen LogP contribution is 2.31. The van der Waals surface area contributed by atoms with Crippen molar-refractivity contribution in [3.63, 3.8) is 0 Å². The first kappa shape index (κ1) is 17.9. The molecule has 1 fully saturated rings. The second-order valence-electron chi connectivity index (χ2n) is 7.09. The van der Waals surface area contributed by atoms with Crippen LogP contribution in [0.1, 0.15) is 32.0 Å². The molecule has 138 valence electrons. The molecule has 2 aromatic heterocycles. The highest BCUT2D eigenvalue weighted by atomic mass is 32.1. The van der Waals surface area contributed by atoms with E-state index in [4.69, 9.17) is 4.98 Å². The third kappa shape index (κ3) is 3.41. The van der Waals surface area contributed by atoms with Crippen LogP contribution in [0, 0.1) is 11.3 Å². The fourth-order valence-corrected chi connectivity index (χ4v) is 4.78. The summed E-state index contributed by atoms with van der Waals surface area (Å²) < 4.78 is 1.56. The van der Waals surface area contributed by atoms with Crippen molar-refractivity contribution in [1.29, 1.82) is 5.26 Å². The molecule has 1 aliphatic rings. The van der Waals surface area contributed by atoms with Gasteiger partial charge in [0.1, 0.15) is 17.2 Å². The topological polar surface area (TPSA) is 61.9 Å². The number of piperidine rings is 1. The van der Waals surface area contributed by atoms with Gasteiger partial charge in [0.05, 0.1) is 18.0 Å². The summed E-state index contributed by atoms with van der Waals surface area (Å²) in [6.45, 7) is 3.89. The first-order valence-corrected chi connectivity index (χ1v) is 10.2. The Morgan fingerprint density at radius 3 is 2.85 bits per heavy atom. The number of rotatable bonds is 4. The van der Waals surface area contributed by atoms with Crippen LogP contribution in [-0.4, -0.2) is 27.0 Å². The summed E-state index contributed by atoms with van der Waals surface area (Å²) in [4.78, 5) is 21.2. The number of aromatic nitrogens is 2. The van der Waals surface area contributed by atoms with Crippen LogP contribution < -0.4 is 5.56 Å². The van der Waals surface area contributed by atoms with Gasteiger partial charge in [0.15, 0.2) is 0 Å². The van der Waals surface area contributed by atoms with Gasteiger partial charge in [-0.2, -0.15) is 5.26 Å². The third-order valence-electron chi connectivity index (χ3n) is 5.37. The molecule has 1 aliphatic heterocycles. The van der Waals surface area contributed by atoms with Crippen molar-refractivity contribution in [1.82, 2.24) is 14.5 Å². The van der Waals surface area contributed by atoms with Gasteiger partial charge in [0.25, 0.3) is 5.56 Å². The molecular weight excluding hydrogens is 356 g/mol. The molecule has 0 saturated carbocycles. The zero-order chi connectivity index (χ0) is 18.8. The first-order valence-electron chi connectivity index (χ1n) is 9.36. The molecule has 27 heavy (non-hydrogen) atoms. The lowest BCUT2D eigenvalue weighted by atomic mass is 10.0. The number of thiophene rings is 1. The summed E-state index contributed by atoms with van der Waals surface area (Å²) in [5.41, 5.74) is 1.79. The summed E-state index contributed by atoms with van der Waals surface area (Å²) in [5.74, 6) is 0.698. The van der Waals surface area contributed by atoms with Gasteiger partial charge in [-0.15, -0.1) is 11.3 Å². The van der Waals surface area contributed by atoms with E-state index in [0.29, 0.717) is 23.8 Å². The van der Waals surface area contributed by atoms with Gasteiger partial charge >= 0.3 is 0 Å². The monoisotopic (exact) mass is 378 g/mol. The maximum atomic E-state index is 13.3. The third-order valence-corrected chi connectivity index (χ3v) is 6.24. The molecule has 0 aliphatic carbocycles. The Hall–Kier alpha value is -2.49. The molecule has 1 saturated heterocycles. The number of hydrogen-bond acceptors (Lipinski definition) is 5. The maximum absolute atomic E-state index is 13.3. The van der Waals surface area contributed by atoms with Crippen LogP contribution in [0.25, 0.3) is 21.3 Å². The van der Waals surface area contributed by atoms with E-state index < -0.39 is 0 Å². The zero-order valence-electron chi connectivity index (χ0n) is 15.4. The number of fused-ring (bicyclic) bond motifs is 1. The molecule has 4 rings (SSSR count). The molecule has 0 spiro atoms. The van der Waals surface area contributed by atoms with Crippen LogP contribution in [0.15, 0.2) is 40.5 Å². The average Bonchev–Trinajstić information content (AvgIpc) is 3.11. The van der Waals surface area contributed by atoms with E-state index >= 15 is 0 Å². The van der Waals surface area contributed by atoms with Gasteiger partial charge < -0.3 is 0 Å². The molecular formula is C21H22N4OS. The number of nitrogens with zero attached hydrogens (tertiary/aromatic N) is 4. The lowest BCUT2D eigenvalue weighted by molar-refractivity contribution is 0.147. The van der Waals surface area contributed by atoms with Gasteiger partial charge in [0, 0.05) is 17.0 Å². The van der Waals surface area contributed by atoms with Crippen molar-refractivity contribution >= 4 is 21.6 Å². The Bertz CT molecular complexity index is 1050. The minimum Gasteiger partial charge on any atom is -0.293 e. The lowest BCUT2D eigenvalue weighted by Crippen LogP contribution is -2.39. The molecule has 1 unspecified atom stereocenters. The molecule has 0 N–H and O–H groups in total. The Morgan fingerprint density at radius 2 is 2.11 bits per heavy atom. The van der Waals surface area contributed by atoms with Crippen LogP contribution >= 0.6 is 11.3 Å². The smallest absolute Gasteiger partial charge is 0.263 e. The second-order valence-corrected chi connectivity index (χ2v) is 7.95. The van der Waals surface area contributed by atoms with Crippen molar-refractivity contribution in [3.05, 3.63) is 51.9 Å². The largest absolute Gasteiger partial charge is 0.293 e. The minimum atomic E-state index is -0.110.